The van der Waals surface area contributed by atoms with Crippen molar-refractivity contribution in [2.24, 2.45) is 0 Å². The number of rotatable bonds is 5. The third-order valence-corrected chi connectivity index (χ3v) is 4.89. The van der Waals surface area contributed by atoms with E-state index in [0.717, 1.165) is 16.3 Å². The SMILES string of the molecule is Cc1cc(C(=O)CN2C(=O)NC(C)(c3ccco3)C2=O)c(C)n1C(C)C. The van der Waals surface area contributed by atoms with Gasteiger partial charge in [-0.05, 0) is 52.8 Å². The first-order valence-electron chi connectivity index (χ1n) is 8.56. The molecule has 1 unspecified atom stereocenters. The van der Waals surface area contributed by atoms with Gasteiger partial charge in [0.05, 0.1) is 12.8 Å². The normalized spacial score (nSPS) is 20.2. The number of hydrogen-bond acceptors (Lipinski definition) is 4. The van der Waals surface area contributed by atoms with Gasteiger partial charge in [-0.15, -0.1) is 0 Å². The lowest BCUT2D eigenvalue weighted by atomic mass is 9.99. The minimum absolute atomic E-state index is 0.218. The number of Topliss-reactive ketones (excluding diaryl/α,β-unsaturated/α-hetero) is 1. The molecule has 1 aliphatic rings. The number of imide groups is 1. The maximum atomic E-state index is 12.8. The zero-order chi connectivity index (χ0) is 19.2. The zero-order valence-electron chi connectivity index (χ0n) is 15.6. The number of nitrogens with zero attached hydrogens (tertiary/aromatic N) is 2. The van der Waals surface area contributed by atoms with Crippen molar-refractivity contribution in [1.29, 1.82) is 0 Å². The number of aromatic nitrogens is 1. The van der Waals surface area contributed by atoms with Gasteiger partial charge in [0.2, 0.25) is 0 Å². The maximum Gasteiger partial charge on any atom is 0.325 e. The fourth-order valence-corrected chi connectivity index (χ4v) is 3.65. The van der Waals surface area contributed by atoms with Gasteiger partial charge in [0.25, 0.3) is 5.91 Å². The van der Waals surface area contributed by atoms with Crippen molar-refractivity contribution in [3.8, 4) is 0 Å². The second-order valence-electron chi connectivity index (χ2n) is 7.10. The van der Waals surface area contributed by atoms with E-state index in [-0.39, 0.29) is 18.4 Å². The van der Waals surface area contributed by atoms with Gasteiger partial charge >= 0.3 is 6.03 Å². The van der Waals surface area contributed by atoms with Gasteiger partial charge in [-0.3, -0.25) is 14.5 Å². The number of furan rings is 1. The molecule has 0 aromatic carbocycles. The summed E-state index contributed by atoms with van der Waals surface area (Å²) in [5.74, 6) is -0.426. The summed E-state index contributed by atoms with van der Waals surface area (Å²) in [5.41, 5.74) is 1.04. The Balaban J connectivity index is 1.86. The Morgan fingerprint density at radius 1 is 1.31 bits per heavy atom. The van der Waals surface area contributed by atoms with Gasteiger partial charge in [0.15, 0.2) is 11.3 Å². The number of carbonyl (C=O) groups is 3. The van der Waals surface area contributed by atoms with E-state index in [1.54, 1.807) is 19.1 Å². The van der Waals surface area contributed by atoms with Crippen LogP contribution in [0.25, 0.3) is 0 Å². The van der Waals surface area contributed by atoms with Gasteiger partial charge < -0.3 is 14.3 Å². The summed E-state index contributed by atoms with van der Waals surface area (Å²) in [6, 6.07) is 4.70. The lowest BCUT2D eigenvalue weighted by Gasteiger charge is -2.18. The molecule has 1 atom stereocenters. The molecule has 0 spiro atoms. The van der Waals surface area contributed by atoms with Crippen molar-refractivity contribution in [2.45, 2.75) is 46.2 Å². The highest BCUT2D eigenvalue weighted by Gasteiger charge is 2.51. The number of hydrogen-bond donors (Lipinski definition) is 1. The molecule has 138 valence electrons. The standard InChI is InChI=1S/C19H23N3O4/c1-11(2)22-12(3)9-14(13(22)4)15(23)10-21-17(24)19(5,20-18(21)25)16-7-6-8-26-16/h6-9,11H,10H2,1-5H3,(H,20,25). The molecule has 0 saturated carbocycles. The van der Waals surface area contributed by atoms with Crippen LogP contribution in [0.15, 0.2) is 28.9 Å². The molecule has 1 N–H and O–H groups in total. The lowest BCUT2D eigenvalue weighted by Crippen LogP contribution is -2.41. The van der Waals surface area contributed by atoms with Crippen LogP contribution in [0, 0.1) is 13.8 Å². The molecule has 3 amide bonds. The number of nitrogens with one attached hydrogen (secondary N) is 1. The van der Waals surface area contributed by atoms with Gasteiger partial charge in [-0.25, -0.2) is 4.79 Å². The zero-order valence-corrected chi connectivity index (χ0v) is 15.6. The van der Waals surface area contributed by atoms with Crippen molar-refractivity contribution >= 4 is 17.7 Å². The summed E-state index contributed by atoms with van der Waals surface area (Å²) in [6.45, 7) is 9.16. The van der Waals surface area contributed by atoms with Crippen LogP contribution in [-0.4, -0.2) is 33.7 Å². The van der Waals surface area contributed by atoms with E-state index in [1.165, 1.54) is 6.26 Å². The lowest BCUT2D eigenvalue weighted by molar-refractivity contribution is -0.131. The van der Waals surface area contributed by atoms with Crippen LogP contribution >= 0.6 is 0 Å². The number of aryl methyl sites for hydroxylation is 1. The number of amides is 3. The molecule has 0 aliphatic carbocycles. The average Bonchev–Trinajstić information content (AvgIpc) is 3.23. The monoisotopic (exact) mass is 357 g/mol. The highest BCUT2D eigenvalue weighted by atomic mass is 16.3. The van der Waals surface area contributed by atoms with Crippen LogP contribution in [0.5, 0.6) is 0 Å². The van der Waals surface area contributed by atoms with Crippen LogP contribution < -0.4 is 5.32 Å². The Kier molecular flexibility index (Phi) is 4.26. The molecule has 0 radical (unpaired) electrons. The largest absolute Gasteiger partial charge is 0.466 e. The fraction of sp³-hybridized carbons (Fsp3) is 0.421. The first-order chi connectivity index (χ1) is 12.2. The molecule has 1 saturated heterocycles. The van der Waals surface area contributed by atoms with Crippen LogP contribution in [0.3, 0.4) is 0 Å². The molecule has 26 heavy (non-hydrogen) atoms. The molecule has 0 bridgehead atoms. The van der Waals surface area contributed by atoms with Crippen molar-refractivity contribution < 1.29 is 18.8 Å². The summed E-state index contributed by atoms with van der Waals surface area (Å²) in [5, 5.41) is 2.63. The quantitative estimate of drug-likeness (QED) is 0.659. The number of ketones is 1. The van der Waals surface area contributed by atoms with E-state index in [4.69, 9.17) is 4.42 Å². The van der Waals surface area contributed by atoms with Gasteiger partial charge in [-0.1, -0.05) is 0 Å². The summed E-state index contributed by atoms with van der Waals surface area (Å²) >= 11 is 0. The minimum Gasteiger partial charge on any atom is -0.466 e. The minimum atomic E-state index is -1.30. The molecular weight excluding hydrogens is 334 g/mol. The van der Waals surface area contributed by atoms with E-state index in [0.29, 0.717) is 11.3 Å². The smallest absolute Gasteiger partial charge is 0.325 e. The molecule has 7 heteroatoms. The van der Waals surface area contributed by atoms with Crippen molar-refractivity contribution in [1.82, 2.24) is 14.8 Å². The number of carbonyl (C=O) groups excluding carboxylic acids is 3. The van der Waals surface area contributed by atoms with E-state index < -0.39 is 17.5 Å². The predicted octanol–water partition coefficient (Wildman–Crippen LogP) is 2.93. The van der Waals surface area contributed by atoms with Crippen LogP contribution in [0.2, 0.25) is 0 Å². The molecular formula is C19H23N3O4. The molecule has 3 heterocycles. The van der Waals surface area contributed by atoms with E-state index >= 15 is 0 Å². The van der Waals surface area contributed by atoms with Crippen molar-refractivity contribution in [2.75, 3.05) is 6.54 Å². The number of urea groups is 1. The Morgan fingerprint density at radius 3 is 2.54 bits per heavy atom. The van der Waals surface area contributed by atoms with E-state index in [1.807, 2.05) is 33.8 Å². The fourth-order valence-electron chi connectivity index (χ4n) is 3.65. The summed E-state index contributed by atoms with van der Waals surface area (Å²) in [4.78, 5) is 38.9. The van der Waals surface area contributed by atoms with Crippen LogP contribution in [-0.2, 0) is 10.3 Å². The molecule has 1 aliphatic heterocycles. The summed E-state index contributed by atoms with van der Waals surface area (Å²) in [6.07, 6.45) is 1.44. The van der Waals surface area contributed by atoms with Gasteiger partial charge in [0.1, 0.15) is 5.76 Å². The van der Waals surface area contributed by atoms with Crippen molar-refractivity contribution in [3.05, 3.63) is 47.2 Å². The maximum absolute atomic E-state index is 12.8. The second kappa shape index (κ2) is 6.16. The Morgan fingerprint density at radius 2 is 2.00 bits per heavy atom. The topological polar surface area (TPSA) is 84.6 Å². The Labute approximate surface area is 152 Å². The highest BCUT2D eigenvalue weighted by Crippen LogP contribution is 2.29. The van der Waals surface area contributed by atoms with Crippen LogP contribution in [0.4, 0.5) is 4.79 Å². The average molecular weight is 357 g/mol. The first-order valence-corrected chi connectivity index (χ1v) is 8.56. The third-order valence-electron chi connectivity index (χ3n) is 4.89. The molecule has 7 nitrogen and oxygen atoms in total. The Bertz CT molecular complexity index is 879. The van der Waals surface area contributed by atoms with Gasteiger partial charge in [-0.2, -0.15) is 0 Å². The molecule has 2 aromatic rings. The summed E-state index contributed by atoms with van der Waals surface area (Å²) in [7, 11) is 0. The van der Waals surface area contributed by atoms with E-state index in [9.17, 15) is 14.4 Å². The Hall–Kier alpha value is -2.83. The molecule has 2 aromatic heterocycles. The third kappa shape index (κ3) is 2.64. The molecule has 3 rings (SSSR count). The highest BCUT2D eigenvalue weighted by molar-refractivity contribution is 6.11. The molecule has 1 fully saturated rings. The predicted molar refractivity (Wildman–Crippen MR) is 94.9 cm³/mol. The van der Waals surface area contributed by atoms with E-state index in [2.05, 4.69) is 9.88 Å². The van der Waals surface area contributed by atoms with Crippen molar-refractivity contribution in [3.63, 3.8) is 0 Å². The first kappa shape index (κ1) is 18.0. The van der Waals surface area contributed by atoms with Gasteiger partial charge in [0, 0.05) is 23.0 Å². The van der Waals surface area contributed by atoms with Crippen LogP contribution in [0.1, 0.15) is 54.3 Å². The second-order valence-corrected chi connectivity index (χ2v) is 7.10. The summed E-state index contributed by atoms with van der Waals surface area (Å²) < 4.78 is 7.35.